The lowest BCUT2D eigenvalue weighted by Gasteiger charge is -2.28. The van der Waals surface area contributed by atoms with Crippen LogP contribution in [-0.2, 0) is 9.59 Å². The van der Waals surface area contributed by atoms with Gasteiger partial charge < -0.3 is 67.2 Å². The van der Waals surface area contributed by atoms with E-state index in [2.05, 4.69) is 26.6 Å². The van der Waals surface area contributed by atoms with Gasteiger partial charge in [0.15, 0.2) is 5.78 Å². The van der Waals surface area contributed by atoms with Crippen molar-refractivity contribution in [3.63, 3.8) is 0 Å². The lowest BCUT2D eigenvalue weighted by molar-refractivity contribution is -0.119. The number of aliphatic hydroxyl groups is 7. The Labute approximate surface area is 401 Å². The fourth-order valence-corrected chi connectivity index (χ4v) is 13.8. The number of halogens is 6. The maximum atomic E-state index is 14.6. The van der Waals surface area contributed by atoms with Crippen molar-refractivity contribution in [1.82, 2.24) is 21.3 Å². The van der Waals surface area contributed by atoms with Crippen LogP contribution in [0.5, 0.6) is 0 Å². The van der Waals surface area contributed by atoms with Crippen LogP contribution >= 0.6 is 136 Å². The number of anilines is 2. The van der Waals surface area contributed by atoms with Crippen molar-refractivity contribution in [2.75, 3.05) is 76.4 Å². The van der Waals surface area contributed by atoms with Gasteiger partial charge in [-0.2, -0.15) is 0 Å². The van der Waals surface area contributed by atoms with Crippen molar-refractivity contribution in [3.8, 4) is 0 Å². The average Bonchev–Trinajstić information content (AvgIpc) is 3.15. The van der Waals surface area contributed by atoms with Crippen LogP contribution < -0.4 is 31.5 Å². The molecule has 2 aromatic rings. The van der Waals surface area contributed by atoms with Crippen molar-refractivity contribution in [3.05, 3.63) is 43.7 Å². The summed E-state index contributed by atoms with van der Waals surface area (Å²) in [5.74, 6) is -4.76. The SMILES string of the molecule is CNCC(=O)N(CC(=O)c1c(I)c(NC(=O)CO)c(I)c(C(=O)NCC(O)CO)c1I)c1c(I)c(C(=O)NCC(O)CO)c(I)c(C(=O)NCC(O)CO)c1I. The third kappa shape index (κ3) is 13.3. The van der Waals surface area contributed by atoms with E-state index in [1.165, 1.54) is 7.05 Å². The maximum absolute atomic E-state index is 14.6. The third-order valence-electron chi connectivity index (χ3n) is 7.31. The molecule has 12 N–H and O–H groups in total. The number of aliphatic hydroxyl groups excluding tert-OH is 7. The average molecular weight is 1460 g/mol. The van der Waals surface area contributed by atoms with Crippen molar-refractivity contribution >= 4 is 182 Å². The Hall–Kier alpha value is -0.480. The van der Waals surface area contributed by atoms with E-state index in [0.717, 1.165) is 4.90 Å². The summed E-state index contributed by atoms with van der Waals surface area (Å²) < 4.78 is 0.668. The molecule has 0 bridgehead atoms. The van der Waals surface area contributed by atoms with E-state index in [4.69, 9.17) is 0 Å². The second-order valence-corrected chi connectivity index (χ2v) is 17.9. The Kier molecular flexibility index (Phi) is 22.8. The maximum Gasteiger partial charge on any atom is 0.253 e. The van der Waals surface area contributed by atoms with Gasteiger partial charge in [0, 0.05) is 35.9 Å². The van der Waals surface area contributed by atoms with Crippen LogP contribution in [0.3, 0.4) is 0 Å². The second kappa shape index (κ2) is 24.7. The van der Waals surface area contributed by atoms with Crippen molar-refractivity contribution in [2.24, 2.45) is 0 Å². The normalized spacial score (nSPS) is 12.7. The van der Waals surface area contributed by atoms with Crippen LogP contribution in [0.1, 0.15) is 41.4 Å². The zero-order valence-corrected chi connectivity index (χ0v) is 41.8. The molecule has 0 aliphatic carbocycles. The van der Waals surface area contributed by atoms with Gasteiger partial charge in [-0.3, -0.25) is 28.8 Å². The van der Waals surface area contributed by atoms with E-state index >= 15 is 0 Å². The number of nitrogens with one attached hydrogen (secondary N) is 5. The molecular formula is C31H36I6N6O13. The number of amides is 5. The molecule has 2 rings (SSSR count). The van der Waals surface area contributed by atoms with E-state index < -0.39 is 86.6 Å². The Bertz CT molecular complexity index is 1790. The molecule has 19 nitrogen and oxygen atoms in total. The standard InChI is InChI=1S/C31H36I6N6O13/c1-38-5-16(53)43(6-14(51)17-21(32)18(29(54)39-2-11(48)7-44)24(35)27(23(17)34)42-15(52)10-47)28-25(36)19(30(55)40-3-12(49)8-45)22(33)20(26(28)37)31(56)41-4-13(50)9-46/h11-13,38,44-50H,2-10H2,1H3,(H,39,54)(H,40,55)(H,41,56)(H,42,52). The van der Waals surface area contributed by atoms with Crippen LogP contribution in [0.4, 0.5) is 11.4 Å². The lowest BCUT2D eigenvalue weighted by atomic mass is 10.0. The summed E-state index contributed by atoms with van der Waals surface area (Å²) in [4.78, 5) is 82.8. The predicted octanol–water partition coefficient (Wildman–Crippen LogP) is -1.07. The van der Waals surface area contributed by atoms with E-state index in [0.29, 0.717) is 0 Å². The highest BCUT2D eigenvalue weighted by Crippen LogP contribution is 2.40. The highest BCUT2D eigenvalue weighted by Gasteiger charge is 2.35. The van der Waals surface area contributed by atoms with Gasteiger partial charge in [-0.15, -0.1) is 0 Å². The Morgan fingerprint density at radius 3 is 1.34 bits per heavy atom. The second-order valence-electron chi connectivity index (χ2n) is 11.4. The Morgan fingerprint density at radius 2 is 0.964 bits per heavy atom. The fourth-order valence-electron chi connectivity index (χ4n) is 4.54. The molecule has 3 atom stereocenters. The van der Waals surface area contributed by atoms with Gasteiger partial charge in [-0.05, 0) is 143 Å². The quantitative estimate of drug-likeness (QED) is 0.0556. The molecular weight excluding hydrogens is 1430 g/mol. The molecule has 0 aliphatic heterocycles. The zero-order valence-electron chi connectivity index (χ0n) is 28.9. The number of carbonyl (C=O) groups is 6. The molecule has 0 radical (unpaired) electrons. The van der Waals surface area contributed by atoms with E-state index in [1.807, 2.05) is 0 Å². The van der Waals surface area contributed by atoms with Crippen LogP contribution in [0.2, 0.25) is 0 Å². The molecule has 0 aromatic heterocycles. The van der Waals surface area contributed by atoms with Crippen molar-refractivity contribution in [2.45, 2.75) is 18.3 Å². The molecule has 3 unspecified atom stereocenters. The van der Waals surface area contributed by atoms with Gasteiger partial charge in [0.1, 0.15) is 6.61 Å². The number of benzene rings is 2. The minimum absolute atomic E-state index is 0.0125. The van der Waals surface area contributed by atoms with Crippen LogP contribution in [-0.4, -0.2) is 156 Å². The molecule has 25 heteroatoms. The smallest absolute Gasteiger partial charge is 0.253 e. The van der Waals surface area contributed by atoms with E-state index in [1.54, 1.807) is 136 Å². The number of carbonyl (C=O) groups excluding carboxylic acids is 6. The van der Waals surface area contributed by atoms with E-state index in [-0.39, 0.29) is 81.2 Å². The predicted molar refractivity (Wildman–Crippen MR) is 252 cm³/mol. The minimum Gasteiger partial charge on any atom is -0.394 e. The van der Waals surface area contributed by atoms with Gasteiger partial charge >= 0.3 is 0 Å². The molecule has 0 saturated heterocycles. The molecule has 0 spiro atoms. The van der Waals surface area contributed by atoms with Gasteiger partial charge in [-0.1, -0.05) is 0 Å². The first-order chi connectivity index (χ1) is 26.3. The van der Waals surface area contributed by atoms with Gasteiger partial charge in [0.2, 0.25) is 11.8 Å². The van der Waals surface area contributed by atoms with Gasteiger partial charge in [-0.25, -0.2) is 0 Å². The highest BCUT2D eigenvalue weighted by atomic mass is 127. The summed E-state index contributed by atoms with van der Waals surface area (Å²) in [6.45, 7) is -5.18. The largest absolute Gasteiger partial charge is 0.394 e. The molecule has 0 fully saturated rings. The number of Topliss-reactive ketones (excluding diaryl/α,β-unsaturated/α-hetero) is 1. The third-order valence-corrected chi connectivity index (χ3v) is 13.7. The number of ketones is 1. The van der Waals surface area contributed by atoms with Crippen molar-refractivity contribution < 1.29 is 64.5 Å². The molecule has 0 saturated carbocycles. The number of likely N-dealkylation sites (N-methyl/N-ethyl adjacent to an activating group) is 1. The summed E-state index contributed by atoms with van der Waals surface area (Å²) in [6, 6.07) is 0. The topological polar surface area (TPSA) is 307 Å². The Morgan fingerprint density at radius 1 is 0.589 bits per heavy atom. The number of nitrogens with zero attached hydrogens (tertiary/aromatic N) is 1. The summed E-state index contributed by atoms with van der Waals surface area (Å²) in [5, 5.41) is 79.6. The van der Waals surface area contributed by atoms with Gasteiger partial charge in [0.05, 0.1) is 90.0 Å². The van der Waals surface area contributed by atoms with Crippen molar-refractivity contribution in [1.29, 1.82) is 0 Å². The molecule has 0 heterocycles. The monoisotopic (exact) mass is 1460 g/mol. The molecule has 56 heavy (non-hydrogen) atoms. The first-order valence-corrected chi connectivity index (χ1v) is 22.3. The molecule has 2 aromatic carbocycles. The van der Waals surface area contributed by atoms with Gasteiger partial charge in [0.25, 0.3) is 17.7 Å². The molecule has 310 valence electrons. The van der Waals surface area contributed by atoms with Crippen LogP contribution in [0, 0.1) is 21.4 Å². The van der Waals surface area contributed by atoms with Crippen LogP contribution in [0.25, 0.3) is 0 Å². The van der Waals surface area contributed by atoms with E-state index in [9.17, 15) is 64.5 Å². The molecule has 5 amide bonds. The minimum atomic E-state index is -1.33. The summed E-state index contributed by atoms with van der Waals surface area (Å²) in [7, 11) is 1.47. The first-order valence-electron chi connectivity index (χ1n) is 15.8. The molecule has 0 aliphatic rings. The van der Waals surface area contributed by atoms with Crippen LogP contribution in [0.15, 0.2) is 0 Å². The Balaban J connectivity index is 2.98. The fraction of sp³-hybridized carbons (Fsp3) is 0.419. The number of rotatable bonds is 20. The number of hydrogen-bond donors (Lipinski definition) is 12. The highest BCUT2D eigenvalue weighted by molar-refractivity contribution is 14.1. The summed E-state index contributed by atoms with van der Waals surface area (Å²) >= 11 is 10.6. The summed E-state index contributed by atoms with van der Waals surface area (Å²) in [5.41, 5.74) is -0.565. The zero-order chi connectivity index (χ0) is 42.6. The lowest BCUT2D eigenvalue weighted by Crippen LogP contribution is -2.43. The number of hydrogen-bond acceptors (Lipinski definition) is 14. The first kappa shape index (κ1) is 51.7. The summed E-state index contributed by atoms with van der Waals surface area (Å²) in [6.07, 6.45) is -3.97.